The second kappa shape index (κ2) is 6.43. The molecule has 1 aromatic carbocycles. The summed E-state index contributed by atoms with van der Waals surface area (Å²) in [5.41, 5.74) is 11.0. The lowest BCUT2D eigenvalue weighted by Gasteiger charge is -2.11. The summed E-state index contributed by atoms with van der Waals surface area (Å²) in [6.45, 7) is 2.02. The topological polar surface area (TPSA) is 79.8 Å². The molecule has 0 radical (unpaired) electrons. The molecule has 0 unspecified atom stereocenters. The van der Waals surface area contributed by atoms with Crippen molar-refractivity contribution in [1.82, 2.24) is 4.98 Å². The van der Waals surface area contributed by atoms with Crippen molar-refractivity contribution < 1.29 is 4.79 Å². The van der Waals surface area contributed by atoms with Crippen molar-refractivity contribution in [3.05, 3.63) is 57.8 Å². The number of benzene rings is 1. The molecule has 1 aliphatic carbocycles. The van der Waals surface area contributed by atoms with E-state index in [1.54, 1.807) is 23.9 Å². The number of thioether (sulfide) groups is 1. The second-order valence-electron chi connectivity index (χ2n) is 5.66. The van der Waals surface area contributed by atoms with Crippen LogP contribution in [0.2, 0.25) is 0 Å². The summed E-state index contributed by atoms with van der Waals surface area (Å²) in [6.07, 6.45) is 3.15. The number of aryl methyl sites for hydroxylation is 1. The quantitative estimate of drug-likeness (QED) is 0.877. The fraction of sp³-hybridized carbons (Fsp3) is 0.278. The number of nitrogens with zero attached hydrogens (tertiary/aromatic N) is 2. The predicted molar refractivity (Wildman–Crippen MR) is 90.2 cm³/mol. The minimum atomic E-state index is -0.424. The van der Waals surface area contributed by atoms with Gasteiger partial charge in [0, 0.05) is 17.0 Å². The number of hydrogen-bond donors (Lipinski definition) is 1. The maximum Gasteiger partial charge on any atom is 0.248 e. The predicted octanol–water partition coefficient (Wildman–Crippen LogP) is 3.14. The summed E-state index contributed by atoms with van der Waals surface area (Å²) in [7, 11) is 0. The number of rotatable bonds is 4. The van der Waals surface area contributed by atoms with Crippen LogP contribution < -0.4 is 5.73 Å². The first-order valence-corrected chi connectivity index (χ1v) is 8.52. The van der Waals surface area contributed by atoms with Gasteiger partial charge in [-0.3, -0.25) is 4.79 Å². The van der Waals surface area contributed by atoms with Crippen LogP contribution in [0.25, 0.3) is 0 Å². The van der Waals surface area contributed by atoms with Crippen molar-refractivity contribution in [3.8, 4) is 6.07 Å². The average Bonchev–Trinajstić information content (AvgIpc) is 3.02. The molecule has 0 saturated carbocycles. The SMILES string of the molecule is Cc1c(C#N)c(SCc2ccc(C(N)=O)cc2)nc2c1CCC2. The van der Waals surface area contributed by atoms with E-state index in [4.69, 9.17) is 10.7 Å². The Hall–Kier alpha value is -2.32. The number of nitriles is 1. The van der Waals surface area contributed by atoms with Crippen LogP contribution >= 0.6 is 11.8 Å². The molecule has 0 aliphatic heterocycles. The number of fused-ring (bicyclic) bond motifs is 1. The van der Waals surface area contributed by atoms with Crippen LogP contribution in [0.1, 0.15) is 44.7 Å². The minimum Gasteiger partial charge on any atom is -0.366 e. The van der Waals surface area contributed by atoms with Gasteiger partial charge in [-0.25, -0.2) is 4.98 Å². The molecule has 2 aromatic rings. The first-order valence-electron chi connectivity index (χ1n) is 7.54. The van der Waals surface area contributed by atoms with Crippen molar-refractivity contribution in [3.63, 3.8) is 0 Å². The van der Waals surface area contributed by atoms with Crippen LogP contribution in [0, 0.1) is 18.3 Å². The van der Waals surface area contributed by atoms with Gasteiger partial charge in [0.15, 0.2) is 0 Å². The summed E-state index contributed by atoms with van der Waals surface area (Å²) in [6, 6.07) is 9.54. The van der Waals surface area contributed by atoms with E-state index in [2.05, 4.69) is 6.07 Å². The van der Waals surface area contributed by atoms with Crippen molar-refractivity contribution in [2.24, 2.45) is 5.73 Å². The zero-order valence-electron chi connectivity index (χ0n) is 12.9. The summed E-state index contributed by atoms with van der Waals surface area (Å²) in [4.78, 5) is 15.8. The van der Waals surface area contributed by atoms with Gasteiger partial charge >= 0.3 is 0 Å². The molecule has 0 spiro atoms. The van der Waals surface area contributed by atoms with E-state index < -0.39 is 5.91 Å². The Morgan fingerprint density at radius 1 is 1.35 bits per heavy atom. The van der Waals surface area contributed by atoms with Crippen molar-refractivity contribution >= 4 is 17.7 Å². The van der Waals surface area contributed by atoms with Crippen molar-refractivity contribution in [2.45, 2.75) is 37.0 Å². The maximum absolute atomic E-state index is 11.1. The van der Waals surface area contributed by atoms with E-state index >= 15 is 0 Å². The van der Waals surface area contributed by atoms with Crippen LogP contribution in [0.3, 0.4) is 0 Å². The molecule has 0 atom stereocenters. The summed E-state index contributed by atoms with van der Waals surface area (Å²) in [5, 5.41) is 10.3. The fourth-order valence-electron chi connectivity index (χ4n) is 2.90. The van der Waals surface area contributed by atoms with Gasteiger partial charge in [-0.05, 0) is 55.0 Å². The molecular weight excluding hydrogens is 306 g/mol. The van der Waals surface area contributed by atoms with Gasteiger partial charge < -0.3 is 5.73 Å². The monoisotopic (exact) mass is 323 g/mol. The molecule has 1 amide bonds. The van der Waals surface area contributed by atoms with E-state index in [0.717, 1.165) is 41.1 Å². The Kier molecular flexibility index (Phi) is 4.35. The largest absolute Gasteiger partial charge is 0.366 e. The highest BCUT2D eigenvalue weighted by atomic mass is 32.2. The number of hydrogen-bond acceptors (Lipinski definition) is 4. The number of carbonyl (C=O) groups excluding carboxylic acids is 1. The van der Waals surface area contributed by atoms with E-state index in [0.29, 0.717) is 16.9 Å². The molecule has 1 aromatic heterocycles. The molecule has 0 fully saturated rings. The molecule has 23 heavy (non-hydrogen) atoms. The van der Waals surface area contributed by atoms with Gasteiger partial charge in [-0.2, -0.15) is 5.26 Å². The lowest BCUT2D eigenvalue weighted by Crippen LogP contribution is -2.10. The van der Waals surface area contributed by atoms with Crippen LogP contribution in [0.4, 0.5) is 0 Å². The first-order chi connectivity index (χ1) is 11.1. The standard InChI is InChI=1S/C18H17N3OS/c1-11-14-3-2-4-16(14)21-18(15(11)9-19)23-10-12-5-7-13(8-6-12)17(20)22/h5-8H,2-4,10H2,1H3,(H2,20,22). The molecule has 1 heterocycles. The Morgan fingerprint density at radius 2 is 2.09 bits per heavy atom. The second-order valence-corrected chi connectivity index (χ2v) is 6.62. The van der Waals surface area contributed by atoms with Crippen molar-refractivity contribution in [1.29, 1.82) is 5.26 Å². The number of pyridine rings is 1. The lowest BCUT2D eigenvalue weighted by molar-refractivity contribution is 0.100. The molecule has 5 heteroatoms. The van der Waals surface area contributed by atoms with Gasteiger partial charge in [-0.15, -0.1) is 11.8 Å². The third-order valence-electron chi connectivity index (χ3n) is 4.19. The molecular formula is C18H17N3OS. The average molecular weight is 323 g/mol. The Balaban J connectivity index is 1.82. The third-order valence-corrected chi connectivity index (χ3v) is 5.24. The number of primary amides is 1. The molecule has 1 aliphatic rings. The fourth-order valence-corrected chi connectivity index (χ4v) is 3.91. The zero-order chi connectivity index (χ0) is 16.4. The first kappa shape index (κ1) is 15.6. The molecule has 0 bridgehead atoms. The van der Waals surface area contributed by atoms with Gasteiger partial charge in [0.25, 0.3) is 0 Å². The van der Waals surface area contributed by atoms with Crippen LogP contribution in [0.15, 0.2) is 29.3 Å². The Bertz CT molecular complexity index is 806. The highest BCUT2D eigenvalue weighted by molar-refractivity contribution is 7.98. The lowest BCUT2D eigenvalue weighted by atomic mass is 10.0. The molecule has 4 nitrogen and oxygen atoms in total. The zero-order valence-corrected chi connectivity index (χ0v) is 13.7. The minimum absolute atomic E-state index is 0.424. The maximum atomic E-state index is 11.1. The summed E-state index contributed by atoms with van der Waals surface area (Å²) in [5.74, 6) is 0.283. The molecule has 116 valence electrons. The van der Waals surface area contributed by atoms with Gasteiger partial charge in [0.2, 0.25) is 5.91 Å². The van der Waals surface area contributed by atoms with Gasteiger partial charge in [0.1, 0.15) is 11.1 Å². The van der Waals surface area contributed by atoms with Gasteiger partial charge in [0.05, 0.1) is 5.56 Å². The van der Waals surface area contributed by atoms with Crippen LogP contribution in [-0.2, 0) is 18.6 Å². The molecule has 2 N–H and O–H groups in total. The number of aromatic nitrogens is 1. The summed E-state index contributed by atoms with van der Waals surface area (Å²) >= 11 is 1.57. The number of amides is 1. The van der Waals surface area contributed by atoms with Gasteiger partial charge in [-0.1, -0.05) is 12.1 Å². The Morgan fingerprint density at radius 3 is 2.74 bits per heavy atom. The van der Waals surface area contributed by atoms with E-state index in [9.17, 15) is 10.1 Å². The summed E-state index contributed by atoms with van der Waals surface area (Å²) < 4.78 is 0. The van der Waals surface area contributed by atoms with E-state index in [1.165, 1.54) is 5.56 Å². The highest BCUT2D eigenvalue weighted by Crippen LogP contribution is 2.32. The van der Waals surface area contributed by atoms with Crippen LogP contribution in [0.5, 0.6) is 0 Å². The molecule has 3 rings (SSSR count). The van der Waals surface area contributed by atoms with E-state index in [-0.39, 0.29) is 0 Å². The van der Waals surface area contributed by atoms with Crippen LogP contribution in [-0.4, -0.2) is 10.9 Å². The van der Waals surface area contributed by atoms with E-state index in [1.807, 2.05) is 19.1 Å². The number of carbonyl (C=O) groups is 1. The normalized spacial score (nSPS) is 12.7. The smallest absolute Gasteiger partial charge is 0.248 e. The molecule has 0 saturated heterocycles. The highest BCUT2D eigenvalue weighted by Gasteiger charge is 2.20. The Labute approximate surface area is 139 Å². The van der Waals surface area contributed by atoms with Crippen molar-refractivity contribution in [2.75, 3.05) is 0 Å². The number of nitrogens with two attached hydrogens (primary N) is 1. The third kappa shape index (κ3) is 3.08.